The zero-order valence-electron chi connectivity index (χ0n) is 24.4. The third-order valence-corrected chi connectivity index (χ3v) is 1.57. The van der Waals surface area contributed by atoms with Gasteiger partial charge in [-0.3, -0.25) is 4.55 Å². The van der Waals surface area contributed by atoms with Gasteiger partial charge in [0.05, 0.1) is 18.8 Å². The molecule has 0 fully saturated rings. The fraction of sp³-hybridized carbons (Fsp3) is 0.357. The van der Waals surface area contributed by atoms with Crippen LogP contribution in [0.1, 0.15) is 34.6 Å². The molecule has 0 radical (unpaired) electrons. The standard InChI is InChI=1S/C4H10O4S.C4H10O.C2H6O2.9C2H4/c1-4(2,3)8-9(5,6)7;1-3-5-4-2;3-1-2-4;9*1-2/h1-3H3,(H,5,6,7);3-4H2,1-2H3;3-4H,1-2H2;9*1-2H2. The summed E-state index contributed by atoms with van der Waals surface area (Å²) < 4.78 is 37.0. The van der Waals surface area contributed by atoms with Crippen molar-refractivity contribution in [2.75, 3.05) is 26.4 Å². The summed E-state index contributed by atoms with van der Waals surface area (Å²) in [5.41, 5.74) is -0.854. The van der Waals surface area contributed by atoms with Gasteiger partial charge in [-0.05, 0) is 34.6 Å². The van der Waals surface area contributed by atoms with Crippen molar-refractivity contribution in [2.45, 2.75) is 40.2 Å². The molecule has 7 nitrogen and oxygen atoms in total. The van der Waals surface area contributed by atoms with E-state index in [9.17, 15) is 8.42 Å². The Morgan fingerprint density at radius 2 is 0.722 bits per heavy atom. The van der Waals surface area contributed by atoms with E-state index in [0.29, 0.717) is 0 Å². The normalized spacial score (nSPS) is 6.44. The molecule has 0 heterocycles. The van der Waals surface area contributed by atoms with Crippen LogP contribution >= 0.6 is 0 Å². The lowest BCUT2D eigenvalue weighted by Gasteiger charge is -2.14. The van der Waals surface area contributed by atoms with Gasteiger partial charge in [-0.1, -0.05) is 0 Å². The Morgan fingerprint density at radius 3 is 0.722 bits per heavy atom. The molecule has 0 atom stereocenters. The van der Waals surface area contributed by atoms with E-state index >= 15 is 0 Å². The average Bonchev–Trinajstić information content (AvgIpc) is 2.93. The summed E-state index contributed by atoms with van der Waals surface area (Å²) in [6.07, 6.45) is 0. The highest BCUT2D eigenvalue weighted by molar-refractivity contribution is 7.80. The molecule has 0 aliphatic carbocycles. The molecule has 0 saturated carbocycles. The van der Waals surface area contributed by atoms with Crippen LogP contribution < -0.4 is 0 Å². The topological polar surface area (TPSA) is 113 Å². The molecule has 0 aromatic heterocycles. The Bertz CT molecular complexity index is 336. The van der Waals surface area contributed by atoms with Gasteiger partial charge in [0.2, 0.25) is 0 Å². The quantitative estimate of drug-likeness (QED) is 0.245. The fourth-order valence-corrected chi connectivity index (χ4v) is 1.15. The van der Waals surface area contributed by atoms with Crippen LogP contribution in [-0.2, 0) is 19.3 Å². The maximum Gasteiger partial charge on any atom is 0.397 e. The fourth-order valence-electron chi connectivity index (χ4n) is 0.520. The van der Waals surface area contributed by atoms with Crippen molar-refractivity contribution in [1.82, 2.24) is 0 Å². The molecule has 0 aliphatic rings. The van der Waals surface area contributed by atoms with Crippen molar-refractivity contribution >= 4 is 10.4 Å². The smallest absolute Gasteiger partial charge is 0.394 e. The maximum atomic E-state index is 9.98. The van der Waals surface area contributed by atoms with Gasteiger partial charge in [0.15, 0.2) is 0 Å². The highest BCUT2D eigenvalue weighted by Crippen LogP contribution is 2.09. The van der Waals surface area contributed by atoms with Gasteiger partial charge >= 0.3 is 10.4 Å². The predicted molar refractivity (Wildman–Crippen MR) is 170 cm³/mol. The molecule has 0 aromatic rings. The number of aliphatic hydroxyl groups is 2. The SMILES string of the molecule is C=C.C=C.C=C.C=C.C=C.C=C.C=C.C=C.C=C.CC(C)(C)OS(=O)(=O)O.CCOCC.OCCO. The first-order valence-corrected chi connectivity index (χ1v) is 11.4. The second-order valence-electron chi connectivity index (χ2n) is 3.85. The van der Waals surface area contributed by atoms with E-state index in [2.05, 4.69) is 123 Å². The zero-order chi connectivity index (χ0) is 33.2. The number of aliphatic hydroxyl groups excluding tert-OH is 2. The van der Waals surface area contributed by atoms with Crippen molar-refractivity contribution in [1.29, 1.82) is 0 Å². The summed E-state index contributed by atoms with van der Waals surface area (Å²) in [7, 11) is -4.28. The van der Waals surface area contributed by atoms with Crippen LogP contribution in [0.2, 0.25) is 0 Å². The highest BCUT2D eigenvalue weighted by Gasteiger charge is 2.18. The van der Waals surface area contributed by atoms with Gasteiger partial charge in [-0.2, -0.15) is 8.42 Å². The van der Waals surface area contributed by atoms with Gasteiger partial charge in [0.25, 0.3) is 0 Å². The van der Waals surface area contributed by atoms with Crippen molar-refractivity contribution in [3.05, 3.63) is 118 Å². The molecular weight excluding hydrogens is 480 g/mol. The molecular formula is C28H62O7S. The second-order valence-corrected chi connectivity index (χ2v) is 4.87. The minimum atomic E-state index is -4.28. The van der Waals surface area contributed by atoms with Crippen LogP contribution in [0.15, 0.2) is 118 Å². The first kappa shape index (κ1) is 76.6. The first-order valence-electron chi connectivity index (χ1n) is 10.0. The number of hydrogen-bond acceptors (Lipinski definition) is 6. The van der Waals surface area contributed by atoms with E-state index in [1.165, 1.54) is 20.8 Å². The van der Waals surface area contributed by atoms with Gasteiger partial charge in [-0.15, -0.1) is 118 Å². The van der Waals surface area contributed by atoms with Crippen LogP contribution in [0.5, 0.6) is 0 Å². The molecule has 0 aliphatic heterocycles. The zero-order valence-corrected chi connectivity index (χ0v) is 25.3. The molecule has 0 bridgehead atoms. The third kappa shape index (κ3) is 707. The van der Waals surface area contributed by atoms with Crippen LogP contribution in [-0.4, -0.2) is 55.2 Å². The molecule has 222 valence electrons. The Labute approximate surface area is 227 Å². The largest absolute Gasteiger partial charge is 0.397 e. The van der Waals surface area contributed by atoms with Crippen molar-refractivity contribution in [3.8, 4) is 0 Å². The molecule has 0 saturated heterocycles. The van der Waals surface area contributed by atoms with Crippen LogP contribution in [0.25, 0.3) is 0 Å². The summed E-state index contributed by atoms with van der Waals surface area (Å²) in [4.78, 5) is 0. The summed E-state index contributed by atoms with van der Waals surface area (Å²) >= 11 is 0. The summed E-state index contributed by atoms with van der Waals surface area (Å²) in [6.45, 7) is 64.0. The number of ether oxygens (including phenoxy) is 1. The van der Waals surface area contributed by atoms with Gasteiger partial charge in [0.1, 0.15) is 0 Å². The van der Waals surface area contributed by atoms with Crippen molar-refractivity contribution < 1.29 is 32.1 Å². The maximum absolute atomic E-state index is 9.98. The molecule has 0 rings (SSSR count). The highest BCUT2D eigenvalue weighted by atomic mass is 32.3. The lowest BCUT2D eigenvalue weighted by atomic mass is 10.2. The molecule has 0 amide bonds. The lowest BCUT2D eigenvalue weighted by Crippen LogP contribution is -2.23. The van der Waals surface area contributed by atoms with Crippen molar-refractivity contribution in [3.63, 3.8) is 0 Å². The van der Waals surface area contributed by atoms with Crippen molar-refractivity contribution in [2.24, 2.45) is 0 Å². The van der Waals surface area contributed by atoms with E-state index < -0.39 is 16.0 Å². The van der Waals surface area contributed by atoms with E-state index in [1.54, 1.807) is 0 Å². The summed E-state index contributed by atoms with van der Waals surface area (Å²) in [5.74, 6) is 0. The summed E-state index contributed by atoms with van der Waals surface area (Å²) in [5, 5.41) is 15.2. The minimum absolute atomic E-state index is 0.125. The predicted octanol–water partition coefficient (Wildman–Crippen LogP) is 7.84. The van der Waals surface area contributed by atoms with Crippen LogP contribution in [0, 0.1) is 0 Å². The van der Waals surface area contributed by atoms with Gasteiger partial charge < -0.3 is 14.9 Å². The Balaban J connectivity index is -0.0000000188. The molecule has 0 unspecified atom stereocenters. The summed E-state index contributed by atoms with van der Waals surface area (Å²) in [6, 6.07) is 0. The molecule has 3 N–H and O–H groups in total. The van der Waals surface area contributed by atoms with E-state index in [-0.39, 0.29) is 13.2 Å². The lowest BCUT2D eigenvalue weighted by molar-refractivity contribution is 0.119. The molecule has 8 heteroatoms. The molecule has 0 spiro atoms. The third-order valence-electron chi connectivity index (χ3n) is 0.864. The average molecular weight is 543 g/mol. The van der Waals surface area contributed by atoms with E-state index in [4.69, 9.17) is 19.5 Å². The molecule has 36 heavy (non-hydrogen) atoms. The van der Waals surface area contributed by atoms with E-state index in [1.807, 2.05) is 13.8 Å². The Morgan fingerprint density at radius 1 is 0.556 bits per heavy atom. The van der Waals surface area contributed by atoms with E-state index in [0.717, 1.165) is 13.2 Å². The van der Waals surface area contributed by atoms with Gasteiger partial charge in [0, 0.05) is 13.2 Å². The monoisotopic (exact) mass is 542 g/mol. The Hall–Kier alpha value is -2.59. The van der Waals surface area contributed by atoms with Crippen LogP contribution in [0.3, 0.4) is 0 Å². The van der Waals surface area contributed by atoms with Gasteiger partial charge in [-0.25, -0.2) is 4.18 Å². The number of rotatable bonds is 4. The second kappa shape index (κ2) is 135. The first-order chi connectivity index (χ1) is 17.0. The number of hydrogen-bond donors (Lipinski definition) is 3. The minimum Gasteiger partial charge on any atom is -0.394 e. The van der Waals surface area contributed by atoms with Crippen LogP contribution in [0.4, 0.5) is 0 Å². The molecule has 0 aromatic carbocycles. The Kier molecular flexibility index (Phi) is 286.